The lowest BCUT2D eigenvalue weighted by atomic mass is 10.1. The molecule has 0 aliphatic rings. The van der Waals surface area contributed by atoms with Gasteiger partial charge in [-0.05, 0) is 49.1 Å². The van der Waals surface area contributed by atoms with Gasteiger partial charge in [0.1, 0.15) is 17.5 Å². The number of nitrogens with zero attached hydrogens (tertiary/aromatic N) is 2. The zero-order chi connectivity index (χ0) is 22.0. The Morgan fingerprint density at radius 1 is 1.03 bits per heavy atom. The molecule has 0 saturated carbocycles. The number of unbranched alkanes of at least 4 members (excludes halogenated alkanes) is 2. The molecule has 0 spiro atoms. The Morgan fingerprint density at radius 3 is 2.20 bits per heavy atom. The van der Waals surface area contributed by atoms with Gasteiger partial charge in [0.2, 0.25) is 10.0 Å². The van der Waals surface area contributed by atoms with Crippen molar-refractivity contribution in [2.24, 2.45) is 0 Å². The van der Waals surface area contributed by atoms with Crippen molar-refractivity contribution in [2.75, 3.05) is 12.3 Å². The van der Waals surface area contributed by atoms with Gasteiger partial charge in [-0.1, -0.05) is 38.8 Å². The molecule has 0 saturated heterocycles. The van der Waals surface area contributed by atoms with Crippen LogP contribution < -0.4 is 4.74 Å². The minimum absolute atomic E-state index is 0.0320. The summed E-state index contributed by atoms with van der Waals surface area (Å²) in [4.78, 5) is 15.9. The van der Waals surface area contributed by atoms with Crippen LogP contribution in [-0.2, 0) is 21.2 Å². The lowest BCUT2D eigenvalue weighted by Crippen LogP contribution is -2.47. The average Bonchev–Trinajstić information content (AvgIpc) is 2.73. The normalized spacial score (nSPS) is 12.6. The number of carbonyl (C=O) groups is 1. The van der Waals surface area contributed by atoms with Crippen molar-refractivity contribution in [3.8, 4) is 11.5 Å². The highest BCUT2D eigenvalue weighted by Gasteiger charge is 2.34. The number of carboxylic acid groups (broad SMARTS) is 1. The molecule has 30 heavy (non-hydrogen) atoms. The van der Waals surface area contributed by atoms with Gasteiger partial charge < -0.3 is 9.84 Å². The van der Waals surface area contributed by atoms with Crippen LogP contribution in [-0.4, -0.2) is 47.1 Å². The fourth-order valence-electron chi connectivity index (χ4n) is 3.02. The summed E-state index contributed by atoms with van der Waals surface area (Å²) in [7, 11) is -3.65. The van der Waals surface area contributed by atoms with Crippen molar-refractivity contribution in [1.29, 1.82) is 0 Å². The van der Waals surface area contributed by atoms with Crippen LogP contribution in [0.3, 0.4) is 0 Å². The first-order valence-corrected chi connectivity index (χ1v) is 11.9. The summed E-state index contributed by atoms with van der Waals surface area (Å²) < 4.78 is 32.6. The Morgan fingerprint density at radius 2 is 1.63 bits per heavy atom. The highest BCUT2D eigenvalue weighted by atomic mass is 32.2. The molecule has 1 aromatic carbocycles. The van der Waals surface area contributed by atoms with Gasteiger partial charge in [-0.3, -0.25) is 9.78 Å². The van der Waals surface area contributed by atoms with Crippen molar-refractivity contribution in [3.63, 3.8) is 0 Å². The van der Waals surface area contributed by atoms with Crippen LogP contribution in [0.4, 0.5) is 0 Å². The quantitative estimate of drug-likeness (QED) is 0.510. The number of rotatable bonds is 13. The smallest absolute Gasteiger partial charge is 0.322 e. The fraction of sp³-hybridized carbons (Fsp3) is 0.455. The molecule has 8 heteroatoms. The zero-order valence-electron chi connectivity index (χ0n) is 17.5. The number of sulfonamides is 1. The number of pyridine rings is 1. The van der Waals surface area contributed by atoms with E-state index in [4.69, 9.17) is 4.74 Å². The van der Waals surface area contributed by atoms with E-state index in [-0.39, 0.29) is 18.7 Å². The average molecular weight is 435 g/mol. The Balaban J connectivity index is 2.18. The second-order valence-electron chi connectivity index (χ2n) is 7.12. The molecule has 7 nitrogen and oxygen atoms in total. The minimum Gasteiger partial charge on any atom is -0.480 e. The van der Waals surface area contributed by atoms with Gasteiger partial charge in [-0.15, -0.1) is 0 Å². The molecule has 0 fully saturated rings. The molecule has 1 unspecified atom stereocenters. The number of aliphatic carboxylic acids is 1. The first-order chi connectivity index (χ1) is 14.4. The third-order valence-electron chi connectivity index (χ3n) is 4.72. The second-order valence-corrected chi connectivity index (χ2v) is 9.16. The second kappa shape index (κ2) is 11.7. The first-order valence-electron chi connectivity index (χ1n) is 10.3. The lowest BCUT2D eigenvalue weighted by Gasteiger charge is -2.28. The SMILES string of the molecule is CCCCN(C(Cc1ccc(Oc2ccncc2)cc1)C(=O)O)S(=O)(=O)CCCC. The predicted molar refractivity (Wildman–Crippen MR) is 116 cm³/mol. The van der Waals surface area contributed by atoms with Crippen molar-refractivity contribution in [3.05, 3.63) is 54.4 Å². The summed E-state index contributed by atoms with van der Waals surface area (Å²) in [6, 6.07) is 9.37. The van der Waals surface area contributed by atoms with Gasteiger partial charge >= 0.3 is 5.97 Å². The summed E-state index contributed by atoms with van der Waals surface area (Å²) in [5.74, 6) is 0.0860. The molecule has 0 amide bonds. The highest BCUT2D eigenvalue weighted by molar-refractivity contribution is 7.89. The van der Waals surface area contributed by atoms with Gasteiger partial charge in [-0.25, -0.2) is 8.42 Å². The molecule has 164 valence electrons. The fourth-order valence-corrected chi connectivity index (χ4v) is 4.87. The van der Waals surface area contributed by atoms with E-state index >= 15 is 0 Å². The van der Waals surface area contributed by atoms with Crippen LogP contribution in [0.15, 0.2) is 48.8 Å². The summed E-state index contributed by atoms with van der Waals surface area (Å²) in [5, 5.41) is 9.81. The molecule has 0 radical (unpaired) electrons. The molecule has 0 aliphatic heterocycles. The monoisotopic (exact) mass is 434 g/mol. The first kappa shape index (κ1) is 23.8. The maximum atomic E-state index is 12.8. The molecule has 1 N–H and O–H groups in total. The van der Waals surface area contributed by atoms with E-state index in [9.17, 15) is 18.3 Å². The predicted octanol–water partition coefficient (Wildman–Crippen LogP) is 4.10. The van der Waals surface area contributed by atoms with E-state index in [1.165, 1.54) is 4.31 Å². The van der Waals surface area contributed by atoms with Crippen LogP contribution in [0.2, 0.25) is 0 Å². The molecular formula is C22H30N2O5S. The molecule has 0 aliphatic carbocycles. The number of benzene rings is 1. The molecule has 2 aromatic rings. The van der Waals surface area contributed by atoms with Gasteiger partial charge in [0.15, 0.2) is 0 Å². The summed E-state index contributed by atoms with van der Waals surface area (Å²) in [6.45, 7) is 4.08. The maximum absolute atomic E-state index is 12.8. The van der Waals surface area contributed by atoms with Crippen LogP contribution >= 0.6 is 0 Å². The molecule has 0 bridgehead atoms. The molecule has 2 rings (SSSR count). The topological polar surface area (TPSA) is 96.8 Å². The zero-order valence-corrected chi connectivity index (χ0v) is 18.3. The van der Waals surface area contributed by atoms with Crippen molar-refractivity contribution in [1.82, 2.24) is 9.29 Å². The summed E-state index contributed by atoms with van der Waals surface area (Å²) >= 11 is 0. The van der Waals surface area contributed by atoms with Crippen molar-refractivity contribution >= 4 is 16.0 Å². The largest absolute Gasteiger partial charge is 0.480 e. The van der Waals surface area contributed by atoms with E-state index in [0.29, 0.717) is 24.3 Å². The van der Waals surface area contributed by atoms with E-state index < -0.39 is 22.0 Å². The van der Waals surface area contributed by atoms with E-state index in [1.807, 2.05) is 13.8 Å². The standard InChI is InChI=1S/C22H30N2O5S/c1-3-5-15-24(30(27,28)16-6-4-2)21(22(25)26)17-18-7-9-19(10-8-18)29-20-11-13-23-14-12-20/h7-14,21H,3-6,15-17H2,1-2H3,(H,25,26). The van der Waals surface area contributed by atoms with Gasteiger partial charge in [0.25, 0.3) is 0 Å². The number of hydrogen-bond acceptors (Lipinski definition) is 5. The molecule has 1 aromatic heterocycles. The van der Waals surface area contributed by atoms with Crippen LogP contribution in [0, 0.1) is 0 Å². The van der Waals surface area contributed by atoms with E-state index in [2.05, 4.69) is 4.98 Å². The van der Waals surface area contributed by atoms with Crippen molar-refractivity contribution in [2.45, 2.75) is 52.0 Å². The number of hydrogen-bond donors (Lipinski definition) is 1. The van der Waals surface area contributed by atoms with Gasteiger partial charge in [0.05, 0.1) is 5.75 Å². The summed E-state index contributed by atoms with van der Waals surface area (Å²) in [6.07, 6.45) is 6.01. The van der Waals surface area contributed by atoms with E-state index in [1.54, 1.807) is 48.8 Å². The lowest BCUT2D eigenvalue weighted by molar-refractivity contribution is -0.141. The Kier molecular flexibility index (Phi) is 9.26. The van der Waals surface area contributed by atoms with Crippen LogP contribution in [0.5, 0.6) is 11.5 Å². The Hall–Kier alpha value is -2.45. The number of aromatic nitrogens is 1. The number of ether oxygens (including phenoxy) is 1. The highest BCUT2D eigenvalue weighted by Crippen LogP contribution is 2.22. The van der Waals surface area contributed by atoms with Crippen LogP contribution in [0.1, 0.15) is 45.1 Å². The Labute approximate surface area is 178 Å². The van der Waals surface area contributed by atoms with Gasteiger partial charge in [0, 0.05) is 18.9 Å². The minimum atomic E-state index is -3.65. The molecule has 1 heterocycles. The summed E-state index contributed by atoms with van der Waals surface area (Å²) in [5.41, 5.74) is 0.733. The van der Waals surface area contributed by atoms with E-state index in [0.717, 1.165) is 18.4 Å². The maximum Gasteiger partial charge on any atom is 0.322 e. The van der Waals surface area contributed by atoms with Gasteiger partial charge in [-0.2, -0.15) is 4.31 Å². The van der Waals surface area contributed by atoms with Crippen molar-refractivity contribution < 1.29 is 23.1 Å². The molecule has 1 atom stereocenters. The van der Waals surface area contributed by atoms with Crippen LogP contribution in [0.25, 0.3) is 0 Å². The third-order valence-corrected chi connectivity index (χ3v) is 6.67. The number of carboxylic acids is 1. The Bertz CT molecular complexity index is 886. The third kappa shape index (κ3) is 7.11. The molecular weight excluding hydrogens is 404 g/mol.